The van der Waals surface area contributed by atoms with Gasteiger partial charge in [0.2, 0.25) is 0 Å². The molecule has 1 fully saturated rings. The van der Waals surface area contributed by atoms with Crippen LogP contribution in [0.5, 0.6) is 0 Å². The van der Waals surface area contributed by atoms with Gasteiger partial charge in [-0.25, -0.2) is 0 Å². The van der Waals surface area contributed by atoms with Gasteiger partial charge in [-0.1, -0.05) is 6.07 Å². The van der Waals surface area contributed by atoms with Crippen LogP contribution in [0.3, 0.4) is 0 Å². The van der Waals surface area contributed by atoms with Gasteiger partial charge in [0.15, 0.2) is 0 Å². The van der Waals surface area contributed by atoms with Crippen molar-refractivity contribution in [3.8, 4) is 0 Å². The number of nitrogens with one attached hydrogen (secondary N) is 1. The van der Waals surface area contributed by atoms with Crippen molar-refractivity contribution in [1.29, 1.82) is 0 Å². The summed E-state index contributed by atoms with van der Waals surface area (Å²) in [5.74, 6) is 0.602. The van der Waals surface area contributed by atoms with Gasteiger partial charge in [0.1, 0.15) is 0 Å². The van der Waals surface area contributed by atoms with Gasteiger partial charge >= 0.3 is 0 Å². The lowest BCUT2D eigenvalue weighted by atomic mass is 10.0. The molecule has 110 valence electrons. The average Bonchev–Trinajstić information content (AvgIpc) is 2.46. The van der Waals surface area contributed by atoms with Crippen LogP contribution < -0.4 is 5.32 Å². The first-order valence-electron chi connectivity index (χ1n) is 7.22. The molecule has 2 rings (SSSR count). The Morgan fingerprint density at radius 1 is 1.45 bits per heavy atom. The molecule has 0 aliphatic carbocycles. The van der Waals surface area contributed by atoms with E-state index in [4.69, 9.17) is 4.74 Å². The van der Waals surface area contributed by atoms with E-state index >= 15 is 0 Å². The SMILES string of the molecule is Cc1ccc(C(=O)N(C)C)cc1NCC1CCCOC1. The second kappa shape index (κ2) is 6.75. The topological polar surface area (TPSA) is 41.6 Å². The van der Waals surface area contributed by atoms with E-state index in [1.54, 1.807) is 19.0 Å². The highest BCUT2D eigenvalue weighted by Crippen LogP contribution is 2.20. The lowest BCUT2D eigenvalue weighted by Gasteiger charge is -2.23. The third-order valence-corrected chi connectivity index (χ3v) is 3.73. The van der Waals surface area contributed by atoms with Crippen LogP contribution >= 0.6 is 0 Å². The molecule has 1 aliphatic heterocycles. The molecule has 1 N–H and O–H groups in total. The maximum absolute atomic E-state index is 12.0. The average molecular weight is 276 g/mol. The summed E-state index contributed by atoms with van der Waals surface area (Å²) < 4.78 is 5.49. The summed E-state index contributed by atoms with van der Waals surface area (Å²) in [6.45, 7) is 4.69. The first-order chi connectivity index (χ1) is 9.58. The first-order valence-corrected chi connectivity index (χ1v) is 7.22. The molecule has 4 nitrogen and oxygen atoms in total. The molecule has 0 saturated carbocycles. The Morgan fingerprint density at radius 3 is 2.90 bits per heavy atom. The van der Waals surface area contributed by atoms with Crippen molar-refractivity contribution >= 4 is 11.6 Å². The Morgan fingerprint density at radius 2 is 2.25 bits per heavy atom. The molecule has 0 aromatic heterocycles. The lowest BCUT2D eigenvalue weighted by molar-refractivity contribution is 0.0595. The summed E-state index contributed by atoms with van der Waals surface area (Å²) in [7, 11) is 3.54. The van der Waals surface area contributed by atoms with E-state index in [0.29, 0.717) is 5.92 Å². The number of carbonyl (C=O) groups excluding carboxylic acids is 1. The Hall–Kier alpha value is -1.55. The largest absolute Gasteiger partial charge is 0.384 e. The molecule has 1 amide bonds. The van der Waals surface area contributed by atoms with Crippen LogP contribution in [0.1, 0.15) is 28.8 Å². The van der Waals surface area contributed by atoms with Crippen molar-refractivity contribution in [2.24, 2.45) is 5.92 Å². The third-order valence-electron chi connectivity index (χ3n) is 3.73. The highest BCUT2D eigenvalue weighted by molar-refractivity contribution is 5.95. The number of benzene rings is 1. The zero-order valence-electron chi connectivity index (χ0n) is 12.6. The van der Waals surface area contributed by atoms with E-state index in [2.05, 4.69) is 12.2 Å². The summed E-state index contributed by atoms with van der Waals surface area (Å²) >= 11 is 0. The van der Waals surface area contributed by atoms with Gasteiger partial charge in [0.25, 0.3) is 5.91 Å². The lowest BCUT2D eigenvalue weighted by Crippen LogP contribution is -2.25. The molecule has 0 radical (unpaired) electrons. The Balaban J connectivity index is 2.02. The van der Waals surface area contributed by atoms with Crippen LogP contribution in [-0.4, -0.2) is 44.7 Å². The van der Waals surface area contributed by atoms with Gasteiger partial charge in [-0.05, 0) is 43.4 Å². The number of rotatable bonds is 4. The van der Waals surface area contributed by atoms with E-state index in [1.807, 2.05) is 18.2 Å². The summed E-state index contributed by atoms with van der Waals surface area (Å²) in [6.07, 6.45) is 2.35. The van der Waals surface area contributed by atoms with E-state index in [0.717, 1.165) is 43.0 Å². The smallest absolute Gasteiger partial charge is 0.253 e. The number of ether oxygens (including phenoxy) is 1. The van der Waals surface area contributed by atoms with Gasteiger partial charge < -0.3 is 15.0 Å². The summed E-state index contributed by atoms with van der Waals surface area (Å²) in [4.78, 5) is 13.6. The number of nitrogens with zero attached hydrogens (tertiary/aromatic N) is 1. The Bertz CT molecular complexity index is 466. The van der Waals surface area contributed by atoms with Crippen LogP contribution in [0, 0.1) is 12.8 Å². The van der Waals surface area contributed by atoms with E-state index in [-0.39, 0.29) is 5.91 Å². The first kappa shape index (κ1) is 14.9. The monoisotopic (exact) mass is 276 g/mol. The summed E-state index contributed by atoms with van der Waals surface area (Å²) in [6, 6.07) is 5.82. The van der Waals surface area contributed by atoms with Crippen molar-refractivity contribution in [3.05, 3.63) is 29.3 Å². The van der Waals surface area contributed by atoms with Crippen molar-refractivity contribution in [1.82, 2.24) is 4.90 Å². The van der Waals surface area contributed by atoms with Crippen LogP contribution in [-0.2, 0) is 4.74 Å². The maximum Gasteiger partial charge on any atom is 0.253 e. The minimum absolute atomic E-state index is 0.0362. The Labute approximate surface area is 121 Å². The molecule has 1 saturated heterocycles. The standard InChI is InChI=1S/C16H24N2O2/c1-12-6-7-14(16(19)18(2)3)9-15(12)17-10-13-5-4-8-20-11-13/h6-7,9,13,17H,4-5,8,10-11H2,1-3H3. The molecule has 1 aliphatic rings. The molecule has 0 bridgehead atoms. The van der Waals surface area contributed by atoms with E-state index < -0.39 is 0 Å². The van der Waals surface area contributed by atoms with E-state index in [1.165, 1.54) is 6.42 Å². The van der Waals surface area contributed by atoms with Crippen molar-refractivity contribution < 1.29 is 9.53 Å². The fourth-order valence-corrected chi connectivity index (χ4v) is 2.43. The number of hydrogen-bond donors (Lipinski definition) is 1. The number of anilines is 1. The van der Waals surface area contributed by atoms with Crippen LogP contribution in [0.4, 0.5) is 5.69 Å². The van der Waals surface area contributed by atoms with Gasteiger partial charge in [-0.15, -0.1) is 0 Å². The quantitative estimate of drug-likeness (QED) is 0.919. The normalized spacial score (nSPS) is 18.6. The fourth-order valence-electron chi connectivity index (χ4n) is 2.43. The molecule has 0 spiro atoms. The molecule has 1 unspecified atom stereocenters. The van der Waals surface area contributed by atoms with E-state index in [9.17, 15) is 4.79 Å². The van der Waals surface area contributed by atoms with Crippen LogP contribution in [0.25, 0.3) is 0 Å². The highest BCUT2D eigenvalue weighted by atomic mass is 16.5. The van der Waals surface area contributed by atoms with Crippen LogP contribution in [0.15, 0.2) is 18.2 Å². The van der Waals surface area contributed by atoms with Gasteiger partial charge in [0.05, 0.1) is 6.61 Å². The zero-order valence-corrected chi connectivity index (χ0v) is 12.6. The second-order valence-electron chi connectivity index (χ2n) is 5.69. The van der Waals surface area contributed by atoms with Crippen LogP contribution in [0.2, 0.25) is 0 Å². The third kappa shape index (κ3) is 3.73. The van der Waals surface area contributed by atoms with Gasteiger partial charge in [0, 0.05) is 38.5 Å². The predicted molar refractivity (Wildman–Crippen MR) is 81.2 cm³/mol. The molecule has 1 aromatic carbocycles. The molecule has 4 heteroatoms. The highest BCUT2D eigenvalue weighted by Gasteiger charge is 2.15. The number of carbonyl (C=O) groups is 1. The molecular formula is C16H24N2O2. The number of amides is 1. The maximum atomic E-state index is 12.0. The van der Waals surface area contributed by atoms with Crippen molar-refractivity contribution in [2.75, 3.05) is 39.2 Å². The zero-order chi connectivity index (χ0) is 14.5. The Kier molecular flexibility index (Phi) is 5.01. The van der Waals surface area contributed by atoms with Gasteiger partial charge in [-0.3, -0.25) is 4.79 Å². The van der Waals surface area contributed by atoms with Crippen molar-refractivity contribution in [3.63, 3.8) is 0 Å². The fraction of sp³-hybridized carbons (Fsp3) is 0.562. The predicted octanol–water partition coefficient (Wildman–Crippen LogP) is 2.54. The van der Waals surface area contributed by atoms with Gasteiger partial charge in [-0.2, -0.15) is 0 Å². The molecule has 1 aromatic rings. The molecule has 1 heterocycles. The molecular weight excluding hydrogens is 252 g/mol. The molecule has 20 heavy (non-hydrogen) atoms. The number of hydrogen-bond acceptors (Lipinski definition) is 3. The minimum atomic E-state index is 0.0362. The second-order valence-corrected chi connectivity index (χ2v) is 5.69. The summed E-state index contributed by atoms with van der Waals surface area (Å²) in [5.41, 5.74) is 2.93. The summed E-state index contributed by atoms with van der Waals surface area (Å²) in [5, 5.41) is 3.47. The number of aryl methyl sites for hydroxylation is 1. The minimum Gasteiger partial charge on any atom is -0.384 e. The molecule has 1 atom stereocenters. The van der Waals surface area contributed by atoms with Crippen molar-refractivity contribution in [2.45, 2.75) is 19.8 Å².